The monoisotopic (exact) mass is 464 g/mol. The van der Waals surface area contributed by atoms with Gasteiger partial charge in [-0.1, -0.05) is 24.3 Å². The SMILES string of the molecule is O=C(Nc1ccc2c(c1)OCCO2)N1CCOc2ccc(COCc3ccccc3F)cc2C1. The summed E-state index contributed by atoms with van der Waals surface area (Å²) in [6.45, 7) is 2.75. The number of halogens is 1. The number of benzene rings is 3. The molecule has 0 spiro atoms. The summed E-state index contributed by atoms with van der Waals surface area (Å²) in [5.41, 5.74) is 2.96. The van der Waals surface area contributed by atoms with E-state index in [2.05, 4.69) is 5.32 Å². The Kier molecular flexibility index (Phi) is 6.49. The number of carbonyl (C=O) groups is 1. The average molecular weight is 464 g/mol. The summed E-state index contributed by atoms with van der Waals surface area (Å²) in [6, 6.07) is 17.5. The molecule has 0 aromatic heterocycles. The minimum absolute atomic E-state index is 0.185. The van der Waals surface area contributed by atoms with Crippen LogP contribution in [0.4, 0.5) is 14.9 Å². The number of fused-ring (bicyclic) bond motifs is 2. The zero-order chi connectivity index (χ0) is 23.3. The second-order valence-electron chi connectivity index (χ2n) is 8.08. The van der Waals surface area contributed by atoms with Gasteiger partial charge in [-0.05, 0) is 35.9 Å². The first-order valence-corrected chi connectivity index (χ1v) is 11.2. The third kappa shape index (κ3) is 5.07. The Hall–Kier alpha value is -3.78. The number of hydrogen-bond donors (Lipinski definition) is 1. The highest BCUT2D eigenvalue weighted by Crippen LogP contribution is 2.33. The minimum atomic E-state index is -0.280. The predicted molar refractivity (Wildman–Crippen MR) is 124 cm³/mol. The first-order valence-electron chi connectivity index (χ1n) is 11.2. The first kappa shape index (κ1) is 22.0. The van der Waals surface area contributed by atoms with Crippen LogP contribution in [0.15, 0.2) is 60.7 Å². The molecule has 2 amide bonds. The molecule has 7 nitrogen and oxygen atoms in total. The number of hydrogen-bond acceptors (Lipinski definition) is 5. The van der Waals surface area contributed by atoms with E-state index in [1.807, 2.05) is 18.2 Å². The van der Waals surface area contributed by atoms with E-state index in [0.717, 1.165) is 16.9 Å². The Labute approximate surface area is 197 Å². The standard InChI is InChI=1S/C26H25FN2O5/c27-22-4-2-1-3-19(22)17-31-16-18-5-7-23-20(13-18)15-29(9-10-32-23)26(30)28-21-6-8-24-25(14-21)34-12-11-33-24/h1-8,13-14H,9-12,15-17H2,(H,28,30). The van der Waals surface area contributed by atoms with Crippen molar-refractivity contribution in [1.82, 2.24) is 4.90 Å². The molecule has 0 aliphatic carbocycles. The number of nitrogens with zero attached hydrogens (tertiary/aromatic N) is 1. The predicted octanol–water partition coefficient (Wildman–Crippen LogP) is 4.74. The van der Waals surface area contributed by atoms with Crippen LogP contribution in [0.25, 0.3) is 0 Å². The minimum Gasteiger partial charge on any atom is -0.491 e. The van der Waals surface area contributed by atoms with Crippen molar-refractivity contribution in [3.8, 4) is 17.2 Å². The van der Waals surface area contributed by atoms with Crippen LogP contribution in [0, 0.1) is 5.82 Å². The van der Waals surface area contributed by atoms with Crippen molar-refractivity contribution in [2.75, 3.05) is 31.7 Å². The maximum absolute atomic E-state index is 13.8. The Bertz CT molecular complexity index is 1190. The smallest absolute Gasteiger partial charge is 0.322 e. The lowest BCUT2D eigenvalue weighted by atomic mass is 10.1. The molecule has 0 atom stereocenters. The summed E-state index contributed by atoms with van der Waals surface area (Å²) in [7, 11) is 0. The number of amides is 2. The van der Waals surface area contributed by atoms with Crippen LogP contribution in [0.5, 0.6) is 17.2 Å². The zero-order valence-electron chi connectivity index (χ0n) is 18.6. The van der Waals surface area contributed by atoms with Crippen LogP contribution in [0.2, 0.25) is 0 Å². The van der Waals surface area contributed by atoms with Gasteiger partial charge in [0.2, 0.25) is 0 Å². The number of urea groups is 1. The quantitative estimate of drug-likeness (QED) is 0.591. The fraction of sp³-hybridized carbons (Fsp3) is 0.269. The lowest BCUT2D eigenvalue weighted by Crippen LogP contribution is -2.36. The third-order valence-corrected chi connectivity index (χ3v) is 5.67. The molecule has 1 N–H and O–H groups in total. The van der Waals surface area contributed by atoms with Gasteiger partial charge in [0.1, 0.15) is 31.4 Å². The van der Waals surface area contributed by atoms with Crippen LogP contribution in [-0.4, -0.2) is 37.3 Å². The van der Waals surface area contributed by atoms with E-state index in [9.17, 15) is 9.18 Å². The highest BCUT2D eigenvalue weighted by molar-refractivity contribution is 5.89. The first-order chi connectivity index (χ1) is 16.7. The largest absolute Gasteiger partial charge is 0.491 e. The Morgan fingerprint density at radius 1 is 0.912 bits per heavy atom. The molecule has 0 saturated carbocycles. The molecular weight excluding hydrogens is 439 g/mol. The maximum atomic E-state index is 13.8. The molecule has 0 unspecified atom stereocenters. The Morgan fingerprint density at radius 3 is 2.59 bits per heavy atom. The van der Waals surface area contributed by atoms with Gasteiger partial charge < -0.3 is 29.2 Å². The second-order valence-corrected chi connectivity index (χ2v) is 8.08. The molecule has 0 bridgehead atoms. The number of nitrogens with one attached hydrogen (secondary N) is 1. The van der Waals surface area contributed by atoms with Gasteiger partial charge in [-0.3, -0.25) is 0 Å². The van der Waals surface area contributed by atoms with Gasteiger partial charge in [-0.15, -0.1) is 0 Å². The van der Waals surface area contributed by atoms with Gasteiger partial charge in [0, 0.05) is 22.9 Å². The molecule has 176 valence electrons. The van der Waals surface area contributed by atoms with Crippen LogP contribution in [-0.2, 0) is 24.5 Å². The van der Waals surface area contributed by atoms with Gasteiger partial charge in [-0.25, -0.2) is 9.18 Å². The number of anilines is 1. The number of rotatable bonds is 5. The fourth-order valence-electron chi connectivity index (χ4n) is 3.93. The van der Waals surface area contributed by atoms with E-state index < -0.39 is 0 Å². The van der Waals surface area contributed by atoms with E-state index in [0.29, 0.717) is 62.3 Å². The molecule has 2 aliphatic heterocycles. The summed E-state index contributed by atoms with van der Waals surface area (Å²) in [4.78, 5) is 14.7. The number of carbonyl (C=O) groups excluding carboxylic acids is 1. The van der Waals surface area contributed by atoms with Gasteiger partial charge in [0.25, 0.3) is 0 Å². The second kappa shape index (κ2) is 10.0. The van der Waals surface area contributed by atoms with Crippen molar-refractivity contribution in [2.24, 2.45) is 0 Å². The van der Waals surface area contributed by atoms with E-state index in [-0.39, 0.29) is 18.5 Å². The van der Waals surface area contributed by atoms with Crippen molar-refractivity contribution in [2.45, 2.75) is 19.8 Å². The summed E-state index contributed by atoms with van der Waals surface area (Å²) in [5.74, 6) is 1.75. The summed E-state index contributed by atoms with van der Waals surface area (Å²) in [6.07, 6.45) is 0. The molecular formula is C26H25FN2O5. The lowest BCUT2D eigenvalue weighted by molar-refractivity contribution is 0.105. The van der Waals surface area contributed by atoms with E-state index >= 15 is 0 Å². The summed E-state index contributed by atoms with van der Waals surface area (Å²) in [5, 5.41) is 2.93. The van der Waals surface area contributed by atoms with Crippen LogP contribution >= 0.6 is 0 Å². The van der Waals surface area contributed by atoms with Crippen molar-refractivity contribution >= 4 is 11.7 Å². The van der Waals surface area contributed by atoms with Crippen molar-refractivity contribution < 1.29 is 28.1 Å². The molecule has 3 aromatic carbocycles. The molecule has 2 aliphatic rings. The molecule has 3 aromatic rings. The zero-order valence-corrected chi connectivity index (χ0v) is 18.6. The van der Waals surface area contributed by atoms with Crippen LogP contribution < -0.4 is 19.5 Å². The molecule has 5 rings (SSSR count). The molecule has 0 saturated heterocycles. The topological polar surface area (TPSA) is 69.3 Å². The van der Waals surface area contributed by atoms with Crippen molar-refractivity contribution in [3.63, 3.8) is 0 Å². The molecule has 34 heavy (non-hydrogen) atoms. The van der Waals surface area contributed by atoms with Gasteiger partial charge in [-0.2, -0.15) is 0 Å². The van der Waals surface area contributed by atoms with E-state index in [4.69, 9.17) is 18.9 Å². The molecule has 8 heteroatoms. The van der Waals surface area contributed by atoms with Gasteiger partial charge >= 0.3 is 6.03 Å². The molecule has 0 radical (unpaired) electrons. The third-order valence-electron chi connectivity index (χ3n) is 5.67. The van der Waals surface area contributed by atoms with E-state index in [1.165, 1.54) is 6.07 Å². The summed E-state index contributed by atoms with van der Waals surface area (Å²) < 4.78 is 36.5. The van der Waals surface area contributed by atoms with Crippen LogP contribution in [0.1, 0.15) is 16.7 Å². The normalized spacial score (nSPS) is 14.6. The Morgan fingerprint density at radius 2 is 1.71 bits per heavy atom. The van der Waals surface area contributed by atoms with E-state index in [1.54, 1.807) is 41.3 Å². The van der Waals surface area contributed by atoms with Crippen LogP contribution in [0.3, 0.4) is 0 Å². The highest BCUT2D eigenvalue weighted by atomic mass is 19.1. The van der Waals surface area contributed by atoms with Crippen molar-refractivity contribution in [3.05, 3.63) is 83.2 Å². The highest BCUT2D eigenvalue weighted by Gasteiger charge is 2.21. The van der Waals surface area contributed by atoms with Crippen molar-refractivity contribution in [1.29, 1.82) is 0 Å². The fourth-order valence-corrected chi connectivity index (χ4v) is 3.93. The Balaban J connectivity index is 1.22. The number of ether oxygens (including phenoxy) is 4. The van der Waals surface area contributed by atoms with Gasteiger partial charge in [0.15, 0.2) is 11.5 Å². The molecule has 0 fully saturated rings. The average Bonchev–Trinajstić information content (AvgIpc) is 3.07. The summed E-state index contributed by atoms with van der Waals surface area (Å²) >= 11 is 0. The molecule has 2 heterocycles. The lowest BCUT2D eigenvalue weighted by Gasteiger charge is -2.22. The maximum Gasteiger partial charge on any atom is 0.322 e. The van der Waals surface area contributed by atoms with Gasteiger partial charge in [0.05, 0.1) is 26.3 Å².